The monoisotopic (exact) mass is 340 g/mol. The highest BCUT2D eigenvalue weighted by atomic mass is 79.9. The number of rotatable bonds is 8. The van der Waals surface area contributed by atoms with Gasteiger partial charge in [-0.15, -0.1) is 0 Å². The van der Waals surface area contributed by atoms with Gasteiger partial charge in [-0.25, -0.2) is 0 Å². The second-order valence-corrected chi connectivity index (χ2v) is 6.59. The number of nitrogens with zero attached hydrogens (tertiary/aromatic N) is 1. The summed E-state index contributed by atoms with van der Waals surface area (Å²) >= 11 is 3.60. The molecule has 114 valence electrons. The highest BCUT2D eigenvalue weighted by molar-refractivity contribution is 9.10. The maximum Gasteiger partial charge on any atom is 0.0410 e. The molecule has 3 heteroatoms. The summed E-state index contributed by atoms with van der Waals surface area (Å²) in [6, 6.07) is 6.76. The van der Waals surface area contributed by atoms with Crippen molar-refractivity contribution in [2.45, 2.75) is 53.0 Å². The maximum absolute atomic E-state index is 6.00. The Morgan fingerprint density at radius 1 is 1.20 bits per heavy atom. The topological polar surface area (TPSA) is 29.3 Å². The van der Waals surface area contributed by atoms with Crippen molar-refractivity contribution in [1.29, 1.82) is 0 Å². The number of benzene rings is 1. The average Bonchev–Trinajstić information content (AvgIpc) is 2.42. The summed E-state index contributed by atoms with van der Waals surface area (Å²) in [5, 5.41) is 0. The van der Waals surface area contributed by atoms with Crippen LogP contribution in [0.15, 0.2) is 22.7 Å². The molecule has 20 heavy (non-hydrogen) atoms. The van der Waals surface area contributed by atoms with Crippen LogP contribution in [-0.2, 0) is 6.42 Å². The van der Waals surface area contributed by atoms with Crippen LogP contribution < -0.4 is 10.6 Å². The number of hydrogen-bond donors (Lipinski definition) is 1. The fourth-order valence-corrected chi connectivity index (χ4v) is 2.96. The highest BCUT2D eigenvalue weighted by Gasteiger charge is 2.15. The lowest BCUT2D eigenvalue weighted by atomic mass is 10.0. The van der Waals surface area contributed by atoms with Gasteiger partial charge in [0, 0.05) is 29.3 Å². The molecule has 1 atom stereocenters. The van der Waals surface area contributed by atoms with Gasteiger partial charge in [0.2, 0.25) is 0 Å². The molecule has 0 aromatic heterocycles. The van der Waals surface area contributed by atoms with Gasteiger partial charge in [-0.3, -0.25) is 0 Å². The minimum Gasteiger partial charge on any atom is -0.371 e. The van der Waals surface area contributed by atoms with Crippen LogP contribution in [0.2, 0.25) is 0 Å². The van der Waals surface area contributed by atoms with Crippen molar-refractivity contribution in [3.63, 3.8) is 0 Å². The SMILES string of the molecule is CCC(CC)CN(CC)c1cc(Br)ccc1CC(C)N. The third-order valence-corrected chi connectivity index (χ3v) is 4.44. The van der Waals surface area contributed by atoms with E-state index in [4.69, 9.17) is 5.73 Å². The van der Waals surface area contributed by atoms with Gasteiger partial charge in [0.25, 0.3) is 0 Å². The van der Waals surface area contributed by atoms with Crippen LogP contribution in [0.1, 0.15) is 46.1 Å². The van der Waals surface area contributed by atoms with Crippen molar-refractivity contribution in [1.82, 2.24) is 0 Å². The minimum absolute atomic E-state index is 0.196. The molecule has 2 N–H and O–H groups in total. The summed E-state index contributed by atoms with van der Waals surface area (Å²) < 4.78 is 1.14. The molecule has 1 aromatic carbocycles. The summed E-state index contributed by atoms with van der Waals surface area (Å²) in [6.45, 7) is 11.0. The van der Waals surface area contributed by atoms with Crippen molar-refractivity contribution in [2.24, 2.45) is 11.7 Å². The molecular formula is C17H29BrN2. The standard InChI is InChI=1S/C17H29BrN2/c1-5-14(6-2)12-20(7-3)17-11-16(18)9-8-15(17)10-13(4)19/h8-9,11,13-14H,5-7,10,12,19H2,1-4H3. The van der Waals surface area contributed by atoms with Crippen LogP contribution in [0.4, 0.5) is 5.69 Å². The van der Waals surface area contributed by atoms with E-state index in [1.54, 1.807) is 0 Å². The first-order valence-corrected chi connectivity index (χ1v) is 8.59. The molecule has 2 nitrogen and oxygen atoms in total. The van der Waals surface area contributed by atoms with Gasteiger partial charge in [0.1, 0.15) is 0 Å². The van der Waals surface area contributed by atoms with Crippen molar-refractivity contribution >= 4 is 21.6 Å². The third-order valence-electron chi connectivity index (χ3n) is 3.94. The second kappa shape index (κ2) is 8.68. The minimum atomic E-state index is 0.196. The summed E-state index contributed by atoms with van der Waals surface area (Å²) in [5.41, 5.74) is 8.69. The van der Waals surface area contributed by atoms with E-state index in [2.05, 4.69) is 66.7 Å². The van der Waals surface area contributed by atoms with Crippen molar-refractivity contribution in [3.05, 3.63) is 28.2 Å². The molecule has 0 heterocycles. The van der Waals surface area contributed by atoms with Crippen LogP contribution in [0, 0.1) is 5.92 Å². The molecule has 0 aliphatic rings. The molecule has 0 amide bonds. The summed E-state index contributed by atoms with van der Waals surface area (Å²) in [5.74, 6) is 0.761. The molecule has 1 unspecified atom stereocenters. The molecule has 0 bridgehead atoms. The van der Waals surface area contributed by atoms with Gasteiger partial charge < -0.3 is 10.6 Å². The van der Waals surface area contributed by atoms with E-state index in [-0.39, 0.29) is 6.04 Å². The van der Waals surface area contributed by atoms with E-state index < -0.39 is 0 Å². The second-order valence-electron chi connectivity index (χ2n) is 5.68. The molecule has 0 saturated carbocycles. The maximum atomic E-state index is 6.00. The number of hydrogen-bond acceptors (Lipinski definition) is 2. The van der Waals surface area contributed by atoms with E-state index in [9.17, 15) is 0 Å². The molecule has 0 aliphatic carbocycles. The molecule has 0 spiro atoms. The molecule has 1 rings (SSSR count). The number of nitrogens with two attached hydrogens (primary N) is 1. The van der Waals surface area contributed by atoms with Crippen LogP contribution in [0.3, 0.4) is 0 Å². The molecule has 0 fully saturated rings. The lowest BCUT2D eigenvalue weighted by Gasteiger charge is -2.30. The summed E-state index contributed by atoms with van der Waals surface area (Å²) in [7, 11) is 0. The predicted molar refractivity (Wildman–Crippen MR) is 93.5 cm³/mol. The van der Waals surface area contributed by atoms with Crippen molar-refractivity contribution in [2.75, 3.05) is 18.0 Å². The van der Waals surface area contributed by atoms with Crippen molar-refractivity contribution in [3.8, 4) is 0 Å². The van der Waals surface area contributed by atoms with Gasteiger partial charge in [-0.1, -0.05) is 48.7 Å². The summed E-state index contributed by atoms with van der Waals surface area (Å²) in [4.78, 5) is 2.50. The Kier molecular flexibility index (Phi) is 7.60. The predicted octanol–water partition coefficient (Wildman–Crippen LogP) is 4.60. The first-order chi connectivity index (χ1) is 9.51. The van der Waals surface area contributed by atoms with Crippen molar-refractivity contribution < 1.29 is 0 Å². The zero-order chi connectivity index (χ0) is 15.1. The zero-order valence-electron chi connectivity index (χ0n) is 13.3. The Hall–Kier alpha value is -0.540. The third kappa shape index (κ3) is 5.10. The van der Waals surface area contributed by atoms with Gasteiger partial charge in [0.05, 0.1) is 0 Å². The Balaban J connectivity index is 3.02. The van der Waals surface area contributed by atoms with Gasteiger partial charge in [0.15, 0.2) is 0 Å². The molecule has 0 saturated heterocycles. The van der Waals surface area contributed by atoms with E-state index in [1.165, 1.54) is 24.1 Å². The normalized spacial score (nSPS) is 12.8. The quantitative estimate of drug-likeness (QED) is 0.749. The first-order valence-electron chi connectivity index (χ1n) is 7.80. The Labute approximate surface area is 132 Å². The van der Waals surface area contributed by atoms with Crippen LogP contribution in [0.25, 0.3) is 0 Å². The Morgan fingerprint density at radius 2 is 1.85 bits per heavy atom. The number of halogens is 1. The summed E-state index contributed by atoms with van der Waals surface area (Å²) in [6.07, 6.45) is 3.41. The largest absolute Gasteiger partial charge is 0.371 e. The molecule has 0 aliphatic heterocycles. The van der Waals surface area contributed by atoms with Crippen LogP contribution >= 0.6 is 15.9 Å². The lowest BCUT2D eigenvalue weighted by molar-refractivity contribution is 0.485. The molecule has 1 aromatic rings. The fourth-order valence-electron chi connectivity index (χ4n) is 2.61. The average molecular weight is 341 g/mol. The van der Waals surface area contributed by atoms with Crippen LogP contribution in [-0.4, -0.2) is 19.1 Å². The van der Waals surface area contributed by atoms with Gasteiger partial charge >= 0.3 is 0 Å². The zero-order valence-corrected chi connectivity index (χ0v) is 14.9. The lowest BCUT2D eigenvalue weighted by Crippen LogP contribution is -2.30. The smallest absolute Gasteiger partial charge is 0.0410 e. The number of anilines is 1. The Morgan fingerprint density at radius 3 is 2.35 bits per heavy atom. The Bertz CT molecular complexity index is 400. The van der Waals surface area contributed by atoms with E-state index in [0.29, 0.717) is 0 Å². The van der Waals surface area contributed by atoms with E-state index >= 15 is 0 Å². The van der Waals surface area contributed by atoms with E-state index in [0.717, 1.165) is 29.9 Å². The van der Waals surface area contributed by atoms with Crippen LogP contribution in [0.5, 0.6) is 0 Å². The first kappa shape index (κ1) is 17.5. The molecular weight excluding hydrogens is 312 g/mol. The van der Waals surface area contributed by atoms with Gasteiger partial charge in [-0.05, 0) is 43.9 Å². The van der Waals surface area contributed by atoms with E-state index in [1.807, 2.05) is 0 Å². The molecule has 0 radical (unpaired) electrons. The fraction of sp³-hybridized carbons (Fsp3) is 0.647. The highest BCUT2D eigenvalue weighted by Crippen LogP contribution is 2.27. The van der Waals surface area contributed by atoms with Gasteiger partial charge in [-0.2, -0.15) is 0 Å².